The average Bonchev–Trinajstić information content (AvgIpc) is 2.62. The van der Waals surface area contributed by atoms with Crippen molar-refractivity contribution in [1.29, 1.82) is 0 Å². The van der Waals surface area contributed by atoms with Gasteiger partial charge < -0.3 is 15.8 Å². The van der Waals surface area contributed by atoms with Gasteiger partial charge in [0.2, 0.25) is 0 Å². The smallest absolute Gasteiger partial charge is 0.143 e. The van der Waals surface area contributed by atoms with Crippen LogP contribution in [0.1, 0.15) is 12.5 Å². The van der Waals surface area contributed by atoms with E-state index in [1.54, 1.807) is 11.3 Å². The van der Waals surface area contributed by atoms with Gasteiger partial charge in [-0.1, -0.05) is 12.1 Å². The van der Waals surface area contributed by atoms with Crippen LogP contribution in [0.15, 0.2) is 20.4 Å². The van der Waals surface area contributed by atoms with Gasteiger partial charge in [-0.2, -0.15) is 0 Å². The first-order valence-electron chi connectivity index (χ1n) is 4.91. The summed E-state index contributed by atoms with van der Waals surface area (Å²) in [6, 6.07) is 2.11. The second-order valence-electron chi connectivity index (χ2n) is 3.88. The maximum atomic E-state index is 8.55. The largest absolute Gasteiger partial charge is 0.409 e. The molecule has 6 heteroatoms. The van der Waals surface area contributed by atoms with Gasteiger partial charge in [-0.15, -0.1) is 11.3 Å². The van der Waals surface area contributed by atoms with Crippen molar-refractivity contribution in [3.8, 4) is 0 Å². The summed E-state index contributed by atoms with van der Waals surface area (Å²) in [4.78, 5) is 2.15. The lowest BCUT2D eigenvalue weighted by Crippen LogP contribution is -2.32. The molecule has 16 heavy (non-hydrogen) atoms. The summed E-state index contributed by atoms with van der Waals surface area (Å²) in [5.41, 5.74) is 6.80. The van der Waals surface area contributed by atoms with Crippen LogP contribution in [0.25, 0.3) is 0 Å². The first-order valence-corrected chi connectivity index (χ1v) is 6.59. The van der Waals surface area contributed by atoms with Gasteiger partial charge in [0.25, 0.3) is 0 Å². The van der Waals surface area contributed by atoms with Crippen LogP contribution in [-0.2, 0) is 6.54 Å². The molecule has 1 rings (SSSR count). The van der Waals surface area contributed by atoms with Crippen molar-refractivity contribution in [2.75, 3.05) is 13.6 Å². The van der Waals surface area contributed by atoms with E-state index in [4.69, 9.17) is 10.9 Å². The number of amidine groups is 1. The van der Waals surface area contributed by atoms with Gasteiger partial charge in [-0.05, 0) is 40.0 Å². The summed E-state index contributed by atoms with van der Waals surface area (Å²) >= 11 is 5.11. The summed E-state index contributed by atoms with van der Waals surface area (Å²) in [6.45, 7) is 3.57. The summed E-state index contributed by atoms with van der Waals surface area (Å²) in [5, 5.41) is 13.7. The fourth-order valence-electron chi connectivity index (χ4n) is 1.46. The zero-order chi connectivity index (χ0) is 12.1. The quantitative estimate of drug-likeness (QED) is 0.380. The standard InChI is InChI=1S/C10H16BrN3OS/c1-7(10(12)13-15)4-14(2)5-8-3-9(11)16-6-8/h3,6-7,15H,4-5H2,1-2H3,(H2,12,13). The molecule has 90 valence electrons. The van der Waals surface area contributed by atoms with Crippen molar-refractivity contribution in [2.24, 2.45) is 16.8 Å². The molecule has 0 aliphatic carbocycles. The SMILES string of the molecule is CC(CN(C)Cc1csc(Br)c1)C(N)=NO. The van der Waals surface area contributed by atoms with Crippen LogP contribution >= 0.6 is 27.3 Å². The molecule has 1 unspecified atom stereocenters. The minimum absolute atomic E-state index is 0.0528. The van der Waals surface area contributed by atoms with E-state index in [-0.39, 0.29) is 11.8 Å². The summed E-state index contributed by atoms with van der Waals surface area (Å²) in [7, 11) is 2.02. The minimum atomic E-state index is 0.0528. The van der Waals surface area contributed by atoms with E-state index in [9.17, 15) is 0 Å². The number of nitrogens with zero attached hydrogens (tertiary/aromatic N) is 2. The monoisotopic (exact) mass is 305 g/mol. The molecule has 1 aromatic rings. The van der Waals surface area contributed by atoms with Crippen LogP contribution in [0.3, 0.4) is 0 Å². The molecule has 0 fully saturated rings. The first kappa shape index (κ1) is 13.5. The zero-order valence-electron chi connectivity index (χ0n) is 9.35. The van der Waals surface area contributed by atoms with E-state index >= 15 is 0 Å². The Morgan fingerprint density at radius 1 is 1.75 bits per heavy atom. The summed E-state index contributed by atoms with van der Waals surface area (Å²) < 4.78 is 1.14. The molecule has 4 nitrogen and oxygen atoms in total. The van der Waals surface area contributed by atoms with Crippen molar-refractivity contribution >= 4 is 33.1 Å². The molecule has 0 saturated heterocycles. The van der Waals surface area contributed by atoms with Crippen molar-refractivity contribution in [2.45, 2.75) is 13.5 Å². The normalized spacial score (nSPS) is 14.4. The first-order chi connectivity index (χ1) is 7.52. The van der Waals surface area contributed by atoms with Gasteiger partial charge in [0, 0.05) is 19.0 Å². The number of hydrogen-bond donors (Lipinski definition) is 2. The van der Waals surface area contributed by atoms with Crippen LogP contribution in [0, 0.1) is 5.92 Å². The maximum absolute atomic E-state index is 8.55. The number of nitrogens with two attached hydrogens (primary N) is 1. The lowest BCUT2D eigenvalue weighted by molar-refractivity contribution is 0.291. The predicted molar refractivity (Wildman–Crippen MR) is 70.9 cm³/mol. The molecule has 0 aromatic carbocycles. The minimum Gasteiger partial charge on any atom is -0.409 e. The molecular weight excluding hydrogens is 290 g/mol. The lowest BCUT2D eigenvalue weighted by atomic mass is 10.1. The van der Waals surface area contributed by atoms with E-state index in [0.717, 1.165) is 16.9 Å². The topological polar surface area (TPSA) is 61.8 Å². The molecule has 0 amide bonds. The third-order valence-electron chi connectivity index (χ3n) is 2.28. The second-order valence-corrected chi connectivity index (χ2v) is 6.17. The molecular formula is C10H16BrN3OS. The Kier molecular flexibility index (Phi) is 5.24. The Labute approximate surface area is 108 Å². The molecule has 1 atom stereocenters. The summed E-state index contributed by atoms with van der Waals surface area (Å²) in [5.74, 6) is 0.329. The van der Waals surface area contributed by atoms with Crippen molar-refractivity contribution < 1.29 is 5.21 Å². The number of halogens is 1. The van der Waals surface area contributed by atoms with Gasteiger partial charge in [0.05, 0.1) is 3.79 Å². The molecule has 3 N–H and O–H groups in total. The number of rotatable bonds is 5. The van der Waals surface area contributed by atoms with Crippen LogP contribution in [0.5, 0.6) is 0 Å². The Bertz CT molecular complexity index is 367. The Morgan fingerprint density at radius 2 is 2.44 bits per heavy atom. The highest BCUT2D eigenvalue weighted by atomic mass is 79.9. The summed E-state index contributed by atoms with van der Waals surface area (Å²) in [6.07, 6.45) is 0. The van der Waals surface area contributed by atoms with Crippen molar-refractivity contribution in [1.82, 2.24) is 4.90 Å². The average molecular weight is 306 g/mol. The van der Waals surface area contributed by atoms with Crippen molar-refractivity contribution in [3.63, 3.8) is 0 Å². The van der Waals surface area contributed by atoms with Crippen LogP contribution in [0.2, 0.25) is 0 Å². The number of hydrogen-bond acceptors (Lipinski definition) is 4. The molecule has 0 spiro atoms. The molecule has 0 saturated carbocycles. The lowest BCUT2D eigenvalue weighted by Gasteiger charge is -2.19. The highest BCUT2D eigenvalue weighted by Gasteiger charge is 2.11. The highest BCUT2D eigenvalue weighted by molar-refractivity contribution is 9.11. The fraction of sp³-hybridized carbons (Fsp3) is 0.500. The van der Waals surface area contributed by atoms with E-state index in [0.29, 0.717) is 0 Å². The van der Waals surface area contributed by atoms with E-state index in [1.165, 1.54) is 5.56 Å². The van der Waals surface area contributed by atoms with Gasteiger partial charge in [0.1, 0.15) is 5.84 Å². The van der Waals surface area contributed by atoms with Crippen LogP contribution < -0.4 is 5.73 Å². The Balaban J connectivity index is 2.44. The van der Waals surface area contributed by atoms with E-state index in [1.807, 2.05) is 14.0 Å². The van der Waals surface area contributed by atoms with Crippen LogP contribution in [-0.4, -0.2) is 29.5 Å². The number of oxime groups is 1. The molecule has 0 radical (unpaired) electrons. The zero-order valence-corrected chi connectivity index (χ0v) is 11.8. The van der Waals surface area contributed by atoms with Gasteiger partial charge in [-0.25, -0.2) is 0 Å². The molecule has 1 aromatic heterocycles. The van der Waals surface area contributed by atoms with Crippen molar-refractivity contribution in [3.05, 3.63) is 20.8 Å². The maximum Gasteiger partial charge on any atom is 0.143 e. The van der Waals surface area contributed by atoms with E-state index < -0.39 is 0 Å². The number of thiophene rings is 1. The highest BCUT2D eigenvalue weighted by Crippen LogP contribution is 2.21. The third kappa shape index (κ3) is 4.11. The fourth-order valence-corrected chi connectivity index (χ4v) is 2.66. The molecule has 0 aliphatic heterocycles. The third-order valence-corrected chi connectivity index (χ3v) is 3.83. The Hall–Kier alpha value is -0.590. The molecule has 0 aliphatic rings. The second kappa shape index (κ2) is 6.22. The van der Waals surface area contributed by atoms with Gasteiger partial charge in [-0.3, -0.25) is 0 Å². The van der Waals surface area contributed by atoms with E-state index in [2.05, 4.69) is 37.4 Å². The molecule has 0 bridgehead atoms. The van der Waals surface area contributed by atoms with Gasteiger partial charge >= 0.3 is 0 Å². The molecule has 1 heterocycles. The predicted octanol–water partition coefficient (Wildman–Crippen LogP) is 2.32. The van der Waals surface area contributed by atoms with Gasteiger partial charge in [0.15, 0.2) is 0 Å². The van der Waals surface area contributed by atoms with Crippen LogP contribution in [0.4, 0.5) is 0 Å². The Morgan fingerprint density at radius 3 is 2.94 bits per heavy atom.